The number of rotatable bonds is 1. The van der Waals surface area contributed by atoms with E-state index in [-0.39, 0.29) is 0 Å². The second kappa shape index (κ2) is 3.55. The van der Waals surface area contributed by atoms with Gasteiger partial charge in [0.2, 0.25) is 0 Å². The minimum atomic E-state index is 0.508. The van der Waals surface area contributed by atoms with Crippen molar-refractivity contribution >= 4 is 11.5 Å². The number of nitrogens with zero attached hydrogens (tertiary/aromatic N) is 2. The highest BCUT2D eigenvalue weighted by Crippen LogP contribution is 2.34. The topological polar surface area (TPSA) is 24.7 Å². The number of hydrogen-bond acceptors (Lipinski definition) is 2. The second-order valence-corrected chi connectivity index (χ2v) is 4.82. The lowest BCUT2D eigenvalue weighted by atomic mass is 9.76. The van der Waals surface area contributed by atoms with Crippen LogP contribution in [0.1, 0.15) is 30.9 Å². The summed E-state index contributed by atoms with van der Waals surface area (Å²) >= 11 is 0. The molecule has 2 heteroatoms. The van der Waals surface area contributed by atoms with Crippen molar-refractivity contribution in [3.63, 3.8) is 0 Å². The molecule has 0 bridgehead atoms. The van der Waals surface area contributed by atoms with E-state index in [0.717, 1.165) is 11.4 Å². The maximum absolute atomic E-state index is 4.73. The van der Waals surface area contributed by atoms with Crippen molar-refractivity contribution in [2.75, 3.05) is 0 Å². The van der Waals surface area contributed by atoms with Crippen molar-refractivity contribution in [3.05, 3.63) is 35.4 Å². The smallest absolute Gasteiger partial charge is 0.154 e. The van der Waals surface area contributed by atoms with E-state index < -0.39 is 0 Å². The average molecular weight is 212 g/mol. The van der Waals surface area contributed by atoms with Crippen molar-refractivity contribution in [3.8, 4) is 0 Å². The lowest BCUT2D eigenvalue weighted by Crippen LogP contribution is -2.39. The Morgan fingerprint density at radius 2 is 1.81 bits per heavy atom. The van der Waals surface area contributed by atoms with Crippen LogP contribution in [0.5, 0.6) is 0 Å². The first-order valence-corrected chi connectivity index (χ1v) is 5.94. The van der Waals surface area contributed by atoms with Gasteiger partial charge in [-0.1, -0.05) is 29.8 Å². The summed E-state index contributed by atoms with van der Waals surface area (Å²) in [6, 6.07) is 8.98. The molecule has 16 heavy (non-hydrogen) atoms. The summed E-state index contributed by atoms with van der Waals surface area (Å²) in [4.78, 5) is 9.36. The van der Waals surface area contributed by atoms with Crippen LogP contribution in [0.15, 0.2) is 34.3 Å². The van der Waals surface area contributed by atoms with Gasteiger partial charge in [0, 0.05) is 17.2 Å². The summed E-state index contributed by atoms with van der Waals surface area (Å²) < 4.78 is 0. The molecule has 0 saturated heterocycles. The fourth-order valence-electron chi connectivity index (χ4n) is 2.40. The molecule has 0 amide bonds. The van der Waals surface area contributed by atoms with Gasteiger partial charge in [-0.15, -0.1) is 0 Å². The predicted molar refractivity (Wildman–Crippen MR) is 67.3 cm³/mol. The molecular formula is C14H16N2. The molecule has 1 fully saturated rings. The summed E-state index contributed by atoms with van der Waals surface area (Å²) in [5, 5.41) is 0. The molecule has 1 saturated carbocycles. The first-order valence-electron chi connectivity index (χ1n) is 5.94. The summed E-state index contributed by atoms with van der Waals surface area (Å²) in [6.45, 7) is 4.24. The van der Waals surface area contributed by atoms with Crippen LogP contribution in [0.3, 0.4) is 0 Å². The van der Waals surface area contributed by atoms with Gasteiger partial charge in [0.05, 0.1) is 6.04 Å². The zero-order valence-corrected chi connectivity index (χ0v) is 9.77. The highest BCUT2D eigenvalue weighted by molar-refractivity contribution is 6.09. The van der Waals surface area contributed by atoms with Gasteiger partial charge in [0.25, 0.3) is 0 Å². The maximum atomic E-state index is 4.73. The largest absolute Gasteiger partial charge is 0.262 e. The molecule has 3 rings (SSSR count). The van der Waals surface area contributed by atoms with E-state index in [1.54, 1.807) is 0 Å². The van der Waals surface area contributed by atoms with Crippen LogP contribution in [0.4, 0.5) is 0 Å². The SMILES string of the molecule is CC1=NC(c2ccc(C)cc2)=NC2CCC12. The molecule has 2 unspecified atom stereocenters. The first kappa shape index (κ1) is 9.76. The molecule has 1 aliphatic heterocycles. The fourth-order valence-corrected chi connectivity index (χ4v) is 2.40. The van der Waals surface area contributed by atoms with Gasteiger partial charge in [0.15, 0.2) is 5.84 Å². The van der Waals surface area contributed by atoms with Crippen molar-refractivity contribution in [2.45, 2.75) is 32.7 Å². The average Bonchev–Trinajstić information content (AvgIpc) is 2.22. The Morgan fingerprint density at radius 1 is 1.06 bits per heavy atom. The minimum Gasteiger partial charge on any atom is -0.262 e. The summed E-state index contributed by atoms with van der Waals surface area (Å²) in [7, 11) is 0. The Labute approximate surface area is 96.1 Å². The van der Waals surface area contributed by atoms with E-state index in [4.69, 9.17) is 4.99 Å². The standard InChI is InChI=1S/C14H16N2/c1-9-3-5-11(6-4-9)14-15-10(2)12-7-8-13(12)16-14/h3-6,12-13H,7-8H2,1-2H3. The van der Waals surface area contributed by atoms with E-state index in [1.807, 2.05) is 0 Å². The molecule has 1 heterocycles. The molecule has 1 aromatic carbocycles. The Hall–Kier alpha value is -1.44. The van der Waals surface area contributed by atoms with Crippen LogP contribution in [-0.4, -0.2) is 17.6 Å². The van der Waals surface area contributed by atoms with Gasteiger partial charge in [-0.3, -0.25) is 4.99 Å². The Bertz CT molecular complexity index is 468. The van der Waals surface area contributed by atoms with Gasteiger partial charge < -0.3 is 0 Å². The molecule has 1 aliphatic carbocycles. The third-order valence-electron chi connectivity index (χ3n) is 3.65. The molecule has 0 spiro atoms. The van der Waals surface area contributed by atoms with Gasteiger partial charge in [-0.2, -0.15) is 0 Å². The van der Waals surface area contributed by atoms with E-state index in [0.29, 0.717) is 12.0 Å². The molecule has 2 atom stereocenters. The van der Waals surface area contributed by atoms with E-state index in [1.165, 1.54) is 24.1 Å². The highest BCUT2D eigenvalue weighted by Gasteiger charge is 2.35. The summed E-state index contributed by atoms with van der Waals surface area (Å²) in [5.74, 6) is 1.56. The van der Waals surface area contributed by atoms with Crippen LogP contribution in [0.25, 0.3) is 0 Å². The number of aliphatic imine (C=N–C) groups is 2. The number of fused-ring (bicyclic) bond motifs is 1. The lowest BCUT2D eigenvalue weighted by molar-refractivity contribution is 0.337. The zero-order valence-electron chi connectivity index (χ0n) is 9.77. The van der Waals surface area contributed by atoms with E-state index in [2.05, 4.69) is 43.1 Å². The first-order chi connectivity index (χ1) is 7.74. The molecule has 2 aliphatic rings. The Kier molecular flexibility index (Phi) is 2.16. The van der Waals surface area contributed by atoms with Crippen LogP contribution in [-0.2, 0) is 0 Å². The predicted octanol–water partition coefficient (Wildman–Crippen LogP) is 2.99. The maximum Gasteiger partial charge on any atom is 0.154 e. The fraction of sp³-hybridized carbons (Fsp3) is 0.429. The van der Waals surface area contributed by atoms with Gasteiger partial charge >= 0.3 is 0 Å². The van der Waals surface area contributed by atoms with E-state index in [9.17, 15) is 0 Å². The molecular weight excluding hydrogens is 196 g/mol. The normalized spacial score (nSPS) is 27.6. The molecule has 0 N–H and O–H groups in total. The summed E-state index contributed by atoms with van der Waals surface area (Å²) in [5.41, 5.74) is 3.69. The van der Waals surface area contributed by atoms with Crippen LogP contribution in [0.2, 0.25) is 0 Å². The van der Waals surface area contributed by atoms with Gasteiger partial charge in [-0.05, 0) is 26.7 Å². The zero-order chi connectivity index (χ0) is 11.1. The van der Waals surface area contributed by atoms with Crippen LogP contribution >= 0.6 is 0 Å². The molecule has 82 valence electrons. The quantitative estimate of drug-likeness (QED) is 0.683. The number of hydrogen-bond donors (Lipinski definition) is 0. The van der Waals surface area contributed by atoms with Crippen molar-refractivity contribution in [2.24, 2.45) is 15.9 Å². The molecule has 2 nitrogen and oxygen atoms in total. The van der Waals surface area contributed by atoms with Crippen LogP contribution in [0, 0.1) is 12.8 Å². The summed E-state index contributed by atoms with van der Waals surface area (Å²) in [6.07, 6.45) is 2.50. The Balaban J connectivity index is 1.95. The molecule has 0 aromatic heterocycles. The molecule has 1 aromatic rings. The monoisotopic (exact) mass is 212 g/mol. The molecule has 0 radical (unpaired) electrons. The third-order valence-corrected chi connectivity index (χ3v) is 3.65. The minimum absolute atomic E-state index is 0.508. The van der Waals surface area contributed by atoms with Crippen LogP contribution < -0.4 is 0 Å². The van der Waals surface area contributed by atoms with Gasteiger partial charge in [0.1, 0.15) is 0 Å². The van der Waals surface area contributed by atoms with Crippen molar-refractivity contribution in [1.29, 1.82) is 0 Å². The van der Waals surface area contributed by atoms with Gasteiger partial charge in [-0.25, -0.2) is 4.99 Å². The van der Waals surface area contributed by atoms with E-state index >= 15 is 0 Å². The lowest BCUT2D eigenvalue weighted by Gasteiger charge is -2.36. The van der Waals surface area contributed by atoms with Crippen molar-refractivity contribution < 1.29 is 0 Å². The third kappa shape index (κ3) is 1.49. The number of benzene rings is 1. The van der Waals surface area contributed by atoms with Crippen molar-refractivity contribution in [1.82, 2.24) is 0 Å². The second-order valence-electron chi connectivity index (χ2n) is 4.82. The Morgan fingerprint density at radius 3 is 2.38 bits per heavy atom. The highest BCUT2D eigenvalue weighted by atomic mass is 15.0. The number of aryl methyl sites for hydroxylation is 1. The number of amidine groups is 1.